The molecule has 11 heavy (non-hydrogen) atoms. The van der Waals surface area contributed by atoms with Crippen LogP contribution in [0.5, 0.6) is 0 Å². The number of halogens is 4. The quantitative estimate of drug-likeness (QED) is 0.593. The Balaban J connectivity index is 3.22. The third-order valence-corrected chi connectivity index (χ3v) is 0.882. The zero-order valence-electron chi connectivity index (χ0n) is 5.54. The summed E-state index contributed by atoms with van der Waals surface area (Å²) in [5.74, 6) is 0. The van der Waals surface area contributed by atoms with Gasteiger partial charge in [0.2, 0.25) is 0 Å². The topological polar surface area (TPSA) is 21.3 Å². The van der Waals surface area contributed by atoms with Gasteiger partial charge in [-0.05, 0) is 0 Å². The Bertz CT molecular complexity index is 136. The van der Waals surface area contributed by atoms with Crippen molar-refractivity contribution < 1.29 is 18.0 Å². The van der Waals surface area contributed by atoms with Crippen LogP contribution in [0.15, 0.2) is 11.1 Å². The molecule has 0 amide bonds. The Morgan fingerprint density at radius 1 is 1.55 bits per heavy atom. The van der Waals surface area contributed by atoms with E-state index < -0.39 is 12.8 Å². The van der Waals surface area contributed by atoms with Crippen molar-refractivity contribution >= 4 is 15.9 Å². The van der Waals surface area contributed by atoms with Crippen LogP contribution < -0.4 is 5.48 Å². The molecule has 1 N–H and O–H groups in total. The molecule has 0 spiro atoms. The molecule has 0 bridgehead atoms. The van der Waals surface area contributed by atoms with Gasteiger partial charge < -0.3 is 0 Å². The monoisotopic (exact) mass is 233 g/mol. The van der Waals surface area contributed by atoms with Gasteiger partial charge in [0.05, 0.1) is 6.54 Å². The van der Waals surface area contributed by atoms with Gasteiger partial charge in [-0.15, -0.1) is 0 Å². The van der Waals surface area contributed by atoms with Crippen molar-refractivity contribution in [3.8, 4) is 0 Å². The summed E-state index contributed by atoms with van der Waals surface area (Å²) in [5.41, 5.74) is 2.07. The lowest BCUT2D eigenvalue weighted by Gasteiger charge is -2.07. The van der Waals surface area contributed by atoms with Crippen LogP contribution in [0.1, 0.15) is 0 Å². The van der Waals surface area contributed by atoms with Crippen molar-refractivity contribution in [2.75, 3.05) is 13.2 Å². The highest BCUT2D eigenvalue weighted by Gasteiger charge is 2.27. The number of hydroxylamine groups is 1. The molecule has 0 radical (unpaired) electrons. The standard InChI is InChI=1S/C5H7BrF3NO/c1-4(6)2-10-11-3-5(7,8)9/h10H,1-3H2. The Kier molecular flexibility index (Phi) is 4.71. The normalized spacial score (nSPS) is 11.6. The van der Waals surface area contributed by atoms with E-state index in [9.17, 15) is 13.2 Å². The molecule has 66 valence electrons. The molecule has 0 saturated heterocycles. The molecule has 0 aromatic carbocycles. The fourth-order valence-corrected chi connectivity index (χ4v) is 0.377. The van der Waals surface area contributed by atoms with Crippen LogP contribution in [0, 0.1) is 0 Å². The van der Waals surface area contributed by atoms with Gasteiger partial charge in [-0.25, -0.2) is 0 Å². The minimum absolute atomic E-state index is 0.149. The van der Waals surface area contributed by atoms with E-state index >= 15 is 0 Å². The maximum Gasteiger partial charge on any atom is 0.413 e. The Hall–Kier alpha value is -0.0700. The van der Waals surface area contributed by atoms with Gasteiger partial charge in [0.1, 0.15) is 0 Å². The fourth-order valence-electron chi connectivity index (χ4n) is 0.262. The van der Waals surface area contributed by atoms with Crippen molar-refractivity contribution in [2.24, 2.45) is 0 Å². The summed E-state index contributed by atoms with van der Waals surface area (Å²) in [4.78, 5) is 4.04. The lowest BCUT2D eigenvalue weighted by Crippen LogP contribution is -2.25. The van der Waals surface area contributed by atoms with E-state index in [1.54, 1.807) is 0 Å². The van der Waals surface area contributed by atoms with Crippen LogP contribution in [0.2, 0.25) is 0 Å². The van der Waals surface area contributed by atoms with Crippen LogP contribution >= 0.6 is 15.9 Å². The maximum atomic E-state index is 11.4. The molecule has 0 saturated carbocycles. The molecule has 0 aliphatic carbocycles. The molecule has 0 fully saturated rings. The van der Waals surface area contributed by atoms with Crippen molar-refractivity contribution in [1.29, 1.82) is 0 Å². The van der Waals surface area contributed by atoms with Crippen LogP contribution in [0.3, 0.4) is 0 Å². The first-order valence-electron chi connectivity index (χ1n) is 2.66. The van der Waals surface area contributed by atoms with E-state index in [-0.39, 0.29) is 6.54 Å². The number of nitrogens with one attached hydrogen (secondary N) is 1. The Morgan fingerprint density at radius 2 is 2.09 bits per heavy atom. The molecule has 2 nitrogen and oxygen atoms in total. The molecule has 0 atom stereocenters. The van der Waals surface area contributed by atoms with Crippen LogP contribution in [-0.4, -0.2) is 19.3 Å². The summed E-state index contributed by atoms with van der Waals surface area (Å²) in [6.45, 7) is 2.23. The van der Waals surface area contributed by atoms with Gasteiger partial charge in [-0.2, -0.15) is 18.7 Å². The summed E-state index contributed by atoms with van der Waals surface area (Å²) in [6, 6.07) is 0. The van der Waals surface area contributed by atoms with E-state index in [2.05, 4.69) is 32.8 Å². The molecule has 0 aliphatic heterocycles. The number of alkyl halides is 3. The van der Waals surface area contributed by atoms with E-state index in [0.29, 0.717) is 4.48 Å². The highest BCUT2D eigenvalue weighted by molar-refractivity contribution is 9.11. The summed E-state index contributed by atoms with van der Waals surface area (Å²) in [7, 11) is 0. The van der Waals surface area contributed by atoms with E-state index in [4.69, 9.17) is 0 Å². The molecule has 0 unspecified atom stereocenters. The summed E-state index contributed by atoms with van der Waals surface area (Å²) in [6.07, 6.45) is -4.29. The highest BCUT2D eigenvalue weighted by atomic mass is 79.9. The Morgan fingerprint density at radius 3 is 2.45 bits per heavy atom. The Labute approximate surface area is 70.5 Å². The second kappa shape index (κ2) is 4.74. The molecule has 0 aliphatic rings. The average Bonchev–Trinajstić information content (AvgIpc) is 1.78. The van der Waals surface area contributed by atoms with Gasteiger partial charge in [-0.1, -0.05) is 22.5 Å². The zero-order valence-corrected chi connectivity index (χ0v) is 7.13. The van der Waals surface area contributed by atoms with Crippen molar-refractivity contribution in [1.82, 2.24) is 5.48 Å². The minimum Gasteiger partial charge on any atom is -0.292 e. The van der Waals surface area contributed by atoms with Crippen LogP contribution in [-0.2, 0) is 4.84 Å². The van der Waals surface area contributed by atoms with E-state index in [1.165, 1.54) is 0 Å². The summed E-state index contributed by atoms with van der Waals surface area (Å²) < 4.78 is 34.7. The molecule has 0 rings (SSSR count). The number of hydrogen-bond acceptors (Lipinski definition) is 2. The lowest BCUT2D eigenvalue weighted by molar-refractivity contribution is -0.188. The van der Waals surface area contributed by atoms with Gasteiger partial charge in [-0.3, -0.25) is 4.84 Å². The van der Waals surface area contributed by atoms with Crippen LogP contribution in [0.25, 0.3) is 0 Å². The predicted molar refractivity (Wildman–Crippen MR) is 38.1 cm³/mol. The van der Waals surface area contributed by atoms with Gasteiger partial charge in [0.25, 0.3) is 0 Å². The van der Waals surface area contributed by atoms with Crippen molar-refractivity contribution in [3.63, 3.8) is 0 Å². The third kappa shape index (κ3) is 9.93. The molecule has 0 aromatic heterocycles. The average molecular weight is 234 g/mol. The summed E-state index contributed by atoms with van der Waals surface area (Å²) >= 11 is 2.94. The van der Waals surface area contributed by atoms with Gasteiger partial charge in [0, 0.05) is 4.48 Å². The molecular weight excluding hydrogens is 227 g/mol. The largest absolute Gasteiger partial charge is 0.413 e. The maximum absolute atomic E-state index is 11.4. The fraction of sp³-hybridized carbons (Fsp3) is 0.600. The minimum atomic E-state index is -4.29. The molecule has 0 heterocycles. The highest BCUT2D eigenvalue weighted by Crippen LogP contribution is 2.13. The van der Waals surface area contributed by atoms with Crippen LogP contribution in [0.4, 0.5) is 13.2 Å². The second-order valence-corrected chi connectivity index (χ2v) is 2.86. The molecule has 6 heteroatoms. The predicted octanol–water partition coefficient (Wildman–Crippen LogP) is 1.98. The first kappa shape index (κ1) is 10.9. The van der Waals surface area contributed by atoms with Crippen molar-refractivity contribution in [2.45, 2.75) is 6.18 Å². The SMILES string of the molecule is C=C(Br)CNOCC(F)(F)F. The zero-order chi connectivity index (χ0) is 8.91. The molecular formula is C5H7BrF3NO. The lowest BCUT2D eigenvalue weighted by atomic mass is 10.7. The van der Waals surface area contributed by atoms with Gasteiger partial charge in [0.15, 0.2) is 6.61 Å². The second-order valence-electron chi connectivity index (χ2n) is 1.74. The third-order valence-electron chi connectivity index (χ3n) is 0.602. The summed E-state index contributed by atoms with van der Waals surface area (Å²) in [5, 5.41) is 0. The van der Waals surface area contributed by atoms with E-state index in [0.717, 1.165) is 0 Å². The van der Waals surface area contributed by atoms with Gasteiger partial charge >= 0.3 is 6.18 Å². The number of hydrogen-bond donors (Lipinski definition) is 1. The van der Waals surface area contributed by atoms with Crippen molar-refractivity contribution in [3.05, 3.63) is 11.1 Å². The van der Waals surface area contributed by atoms with E-state index in [1.807, 2.05) is 0 Å². The first-order chi connectivity index (χ1) is 4.92. The smallest absolute Gasteiger partial charge is 0.292 e. The molecule has 0 aromatic rings. The first-order valence-corrected chi connectivity index (χ1v) is 3.46. The number of rotatable bonds is 4.